The highest BCUT2D eigenvalue weighted by Gasteiger charge is 2.43. The number of imide groups is 1. The van der Waals surface area contributed by atoms with E-state index in [9.17, 15) is 23.1 Å². The summed E-state index contributed by atoms with van der Waals surface area (Å²) in [5, 5.41) is 14.8. The number of aliphatic hydroxyl groups is 1. The number of anilines is 1. The van der Waals surface area contributed by atoms with E-state index in [1.165, 1.54) is 24.3 Å². The van der Waals surface area contributed by atoms with Gasteiger partial charge < -0.3 is 10.0 Å². The largest absolute Gasteiger partial charge is 0.396 e. The van der Waals surface area contributed by atoms with Gasteiger partial charge >= 0.3 is 0 Å². The average Bonchev–Trinajstić information content (AvgIpc) is 3.04. The molecule has 9 heteroatoms. The number of benzene rings is 2. The zero-order chi connectivity index (χ0) is 22.2. The first-order valence-electron chi connectivity index (χ1n) is 9.98. The van der Waals surface area contributed by atoms with Gasteiger partial charge in [-0.3, -0.25) is 9.59 Å². The maximum absolute atomic E-state index is 13.5. The first-order valence-corrected chi connectivity index (χ1v) is 11.5. The molecule has 2 heterocycles. The molecule has 1 atom stereocenters. The van der Waals surface area contributed by atoms with Crippen molar-refractivity contribution in [3.8, 4) is 0 Å². The van der Waals surface area contributed by atoms with Crippen LogP contribution in [0.4, 0.5) is 5.69 Å². The lowest BCUT2D eigenvalue weighted by molar-refractivity contribution is -0.120. The van der Waals surface area contributed by atoms with E-state index in [0.29, 0.717) is 29.9 Å². The van der Waals surface area contributed by atoms with E-state index >= 15 is 0 Å². The second kappa shape index (κ2) is 8.26. The van der Waals surface area contributed by atoms with Gasteiger partial charge in [-0.15, -0.1) is 0 Å². The van der Waals surface area contributed by atoms with Crippen molar-refractivity contribution in [2.24, 2.45) is 11.1 Å². The minimum atomic E-state index is -3.89. The highest BCUT2D eigenvalue weighted by molar-refractivity contribution is 7.89. The van der Waals surface area contributed by atoms with Crippen molar-refractivity contribution in [2.45, 2.75) is 17.7 Å². The Bertz CT molecular complexity index is 1140. The van der Waals surface area contributed by atoms with Crippen molar-refractivity contribution in [1.82, 2.24) is 4.90 Å². The molecule has 3 N–H and O–H groups in total. The van der Waals surface area contributed by atoms with Gasteiger partial charge in [0.15, 0.2) is 0 Å². The molecule has 8 nitrogen and oxygen atoms in total. The zero-order valence-corrected chi connectivity index (χ0v) is 17.6. The number of carbonyl (C=O) groups excluding carboxylic acids is 2. The van der Waals surface area contributed by atoms with E-state index < -0.39 is 21.8 Å². The third-order valence-corrected chi connectivity index (χ3v) is 6.57. The number of amides is 2. The molecule has 1 saturated heterocycles. The molecule has 2 aromatic carbocycles. The lowest BCUT2D eigenvalue weighted by Crippen LogP contribution is -2.40. The third-order valence-electron chi connectivity index (χ3n) is 5.64. The van der Waals surface area contributed by atoms with E-state index in [-0.39, 0.29) is 23.1 Å². The summed E-state index contributed by atoms with van der Waals surface area (Å²) >= 11 is 0. The SMILES string of the molecule is NS(=O)(=O)c1ccc(N2C(=O)C(c3ccccc3)=C(N3CCCC(CO)C3)C2=O)cc1. The number of nitrogens with zero attached hydrogens (tertiary/aromatic N) is 2. The molecule has 0 aromatic heterocycles. The Kier molecular flexibility index (Phi) is 5.65. The highest BCUT2D eigenvalue weighted by atomic mass is 32.2. The molecule has 31 heavy (non-hydrogen) atoms. The standard InChI is InChI=1S/C22H23N3O5S/c23-31(29,30)18-10-8-17(9-11-18)25-21(27)19(16-6-2-1-3-7-16)20(22(25)28)24-12-4-5-15(13-24)14-26/h1-3,6-11,15,26H,4-5,12-14H2,(H2,23,29,30). The smallest absolute Gasteiger partial charge is 0.282 e. The molecule has 0 spiro atoms. The molecular formula is C22H23N3O5S. The lowest BCUT2D eigenvalue weighted by Gasteiger charge is -2.34. The van der Waals surface area contributed by atoms with Crippen LogP contribution in [0.15, 0.2) is 65.2 Å². The minimum Gasteiger partial charge on any atom is -0.396 e. The molecule has 0 bridgehead atoms. The number of likely N-dealkylation sites (tertiary alicyclic amines) is 1. The monoisotopic (exact) mass is 441 g/mol. The Morgan fingerprint density at radius 3 is 2.29 bits per heavy atom. The Hall–Kier alpha value is -3.01. The Balaban J connectivity index is 1.77. The average molecular weight is 442 g/mol. The normalized spacial score (nSPS) is 20.0. The fraction of sp³-hybridized carbons (Fsp3) is 0.273. The summed E-state index contributed by atoms with van der Waals surface area (Å²) < 4.78 is 23.1. The number of aliphatic hydroxyl groups excluding tert-OH is 1. The molecule has 0 aliphatic carbocycles. The van der Waals surface area contributed by atoms with Crippen LogP contribution in [0.25, 0.3) is 5.57 Å². The Labute approximate surface area is 180 Å². The number of primary sulfonamides is 1. The Morgan fingerprint density at radius 1 is 1.00 bits per heavy atom. The quantitative estimate of drug-likeness (QED) is 0.675. The minimum absolute atomic E-state index is 0.0192. The predicted molar refractivity (Wildman–Crippen MR) is 115 cm³/mol. The number of sulfonamides is 1. The number of nitrogens with two attached hydrogens (primary N) is 1. The van der Waals surface area contributed by atoms with Gasteiger partial charge in [-0.25, -0.2) is 18.5 Å². The topological polar surface area (TPSA) is 121 Å². The van der Waals surface area contributed by atoms with E-state index in [4.69, 9.17) is 5.14 Å². The van der Waals surface area contributed by atoms with E-state index in [1.54, 1.807) is 24.3 Å². The molecular weight excluding hydrogens is 418 g/mol. The molecule has 0 saturated carbocycles. The van der Waals surface area contributed by atoms with Crippen molar-refractivity contribution in [2.75, 3.05) is 24.6 Å². The first kappa shape index (κ1) is 21.2. The summed E-state index contributed by atoms with van der Waals surface area (Å²) in [4.78, 5) is 29.7. The van der Waals surface area contributed by atoms with Crippen LogP contribution in [0.1, 0.15) is 18.4 Å². The molecule has 2 aliphatic rings. The van der Waals surface area contributed by atoms with Crippen LogP contribution in [0.2, 0.25) is 0 Å². The van der Waals surface area contributed by atoms with Crippen molar-refractivity contribution in [3.05, 3.63) is 65.9 Å². The summed E-state index contributed by atoms with van der Waals surface area (Å²) in [6.07, 6.45) is 1.67. The summed E-state index contributed by atoms with van der Waals surface area (Å²) in [6.45, 7) is 1.12. The fourth-order valence-corrected chi connectivity index (χ4v) is 4.63. The molecule has 2 aliphatic heterocycles. The molecule has 1 fully saturated rings. The highest BCUT2D eigenvalue weighted by Crippen LogP contribution is 2.36. The lowest BCUT2D eigenvalue weighted by atomic mass is 9.97. The summed E-state index contributed by atoms with van der Waals surface area (Å²) in [7, 11) is -3.89. The van der Waals surface area contributed by atoms with Crippen molar-refractivity contribution in [3.63, 3.8) is 0 Å². The summed E-state index contributed by atoms with van der Waals surface area (Å²) in [5.74, 6) is -0.907. The fourth-order valence-electron chi connectivity index (χ4n) is 4.11. The van der Waals surface area contributed by atoms with E-state index in [1.807, 2.05) is 11.0 Å². The van der Waals surface area contributed by atoms with Gasteiger partial charge in [-0.1, -0.05) is 30.3 Å². The second-order valence-corrected chi connectivity index (χ2v) is 9.27. The van der Waals surface area contributed by atoms with Crippen LogP contribution < -0.4 is 10.0 Å². The number of rotatable bonds is 5. The van der Waals surface area contributed by atoms with Crippen LogP contribution in [-0.4, -0.2) is 49.9 Å². The van der Waals surface area contributed by atoms with E-state index in [0.717, 1.165) is 17.7 Å². The van der Waals surface area contributed by atoms with Crippen molar-refractivity contribution in [1.29, 1.82) is 0 Å². The van der Waals surface area contributed by atoms with E-state index in [2.05, 4.69) is 0 Å². The van der Waals surface area contributed by atoms with Crippen molar-refractivity contribution < 1.29 is 23.1 Å². The number of hydrogen-bond acceptors (Lipinski definition) is 6. The van der Waals surface area contributed by atoms with Gasteiger partial charge in [0.05, 0.1) is 16.2 Å². The van der Waals surface area contributed by atoms with Gasteiger partial charge in [-0.05, 0) is 48.6 Å². The molecule has 162 valence electrons. The maximum Gasteiger partial charge on any atom is 0.282 e. The zero-order valence-electron chi connectivity index (χ0n) is 16.8. The number of hydrogen-bond donors (Lipinski definition) is 2. The molecule has 0 radical (unpaired) electrons. The van der Waals surface area contributed by atoms with Crippen LogP contribution >= 0.6 is 0 Å². The molecule has 2 amide bonds. The number of piperidine rings is 1. The van der Waals surface area contributed by atoms with Crippen LogP contribution in [0, 0.1) is 5.92 Å². The van der Waals surface area contributed by atoms with Gasteiger partial charge in [0.1, 0.15) is 5.70 Å². The van der Waals surface area contributed by atoms with Crippen LogP contribution in [0.3, 0.4) is 0 Å². The van der Waals surface area contributed by atoms with Crippen molar-refractivity contribution >= 4 is 33.1 Å². The van der Waals surface area contributed by atoms with Gasteiger partial charge in [0.25, 0.3) is 11.8 Å². The van der Waals surface area contributed by atoms with Gasteiger partial charge in [-0.2, -0.15) is 0 Å². The van der Waals surface area contributed by atoms with Gasteiger partial charge in [0.2, 0.25) is 10.0 Å². The Morgan fingerprint density at radius 2 is 1.68 bits per heavy atom. The summed E-state index contributed by atoms with van der Waals surface area (Å²) in [5.41, 5.74) is 1.51. The first-order chi connectivity index (χ1) is 14.8. The predicted octanol–water partition coefficient (Wildman–Crippen LogP) is 1.32. The van der Waals surface area contributed by atoms with Gasteiger partial charge in [0, 0.05) is 19.7 Å². The van der Waals surface area contributed by atoms with Crippen LogP contribution in [-0.2, 0) is 19.6 Å². The molecule has 4 rings (SSSR count). The maximum atomic E-state index is 13.5. The second-order valence-electron chi connectivity index (χ2n) is 7.71. The van der Waals surface area contributed by atoms with Crippen LogP contribution in [0.5, 0.6) is 0 Å². The third kappa shape index (κ3) is 3.99. The summed E-state index contributed by atoms with van der Waals surface area (Å²) in [6, 6.07) is 14.3. The number of carbonyl (C=O) groups is 2. The molecule has 2 aromatic rings. The molecule has 1 unspecified atom stereocenters.